The van der Waals surface area contributed by atoms with E-state index in [1.54, 1.807) is 0 Å². The van der Waals surface area contributed by atoms with Crippen molar-refractivity contribution in [1.82, 2.24) is 4.57 Å². The lowest BCUT2D eigenvalue weighted by atomic mass is 10.0. The van der Waals surface area contributed by atoms with Crippen LogP contribution in [0.1, 0.15) is 165 Å². The molecule has 3 heteroatoms. The van der Waals surface area contributed by atoms with Crippen LogP contribution in [0.5, 0.6) is 0 Å². The molecule has 0 N–H and O–H groups in total. The minimum Gasteiger partial charge on any atom is -0.344 e. The first-order valence-electron chi connectivity index (χ1n) is 21.9. The van der Waals surface area contributed by atoms with Gasteiger partial charge in [0, 0.05) is 41.3 Å². The lowest BCUT2D eigenvalue weighted by molar-refractivity contribution is 0.556. The van der Waals surface area contributed by atoms with E-state index in [0.29, 0.717) is 0 Å². The number of aromatic nitrogens is 1. The van der Waals surface area contributed by atoms with Crippen LogP contribution < -0.4 is 0 Å². The Morgan fingerprint density at radius 1 is 0.407 bits per heavy atom. The fraction of sp³-hybridized carbons (Fsp3) is 0.490. The van der Waals surface area contributed by atoms with Crippen molar-refractivity contribution in [2.24, 2.45) is 17.0 Å². The van der Waals surface area contributed by atoms with Gasteiger partial charge in [0.15, 0.2) is 0 Å². The molecule has 0 aliphatic carbocycles. The van der Waals surface area contributed by atoms with Crippen LogP contribution in [0.15, 0.2) is 94.9 Å². The number of fused-ring (bicyclic) bond motifs is 3. The Morgan fingerprint density at radius 3 is 1.09 bits per heavy atom. The Morgan fingerprint density at radius 2 is 0.741 bits per heavy atom. The summed E-state index contributed by atoms with van der Waals surface area (Å²) >= 11 is 0. The molecule has 0 amide bonds. The van der Waals surface area contributed by atoms with Gasteiger partial charge in [0.2, 0.25) is 0 Å². The van der Waals surface area contributed by atoms with Crippen LogP contribution >= 0.6 is 0 Å². The predicted molar refractivity (Wildman–Crippen MR) is 239 cm³/mol. The molecular weight excluding hydrogens is 655 g/mol. The molecule has 1 aromatic heterocycles. The molecule has 0 bridgehead atoms. The van der Waals surface area contributed by atoms with E-state index in [-0.39, 0.29) is 0 Å². The SMILES string of the molecule is CCCCCCCCCCCCc1ccc(N=Cc2ccc3c(c2)c2cc(C=Nc4ccc(CCCCCCCCCCCC)cc4)ccc2n3C)cc1. The molecule has 0 aliphatic heterocycles. The van der Waals surface area contributed by atoms with Gasteiger partial charge in [-0.25, -0.2) is 0 Å². The van der Waals surface area contributed by atoms with Gasteiger partial charge in [0.25, 0.3) is 0 Å². The minimum absolute atomic E-state index is 1.00. The molecule has 0 radical (unpaired) electrons. The van der Waals surface area contributed by atoms with Gasteiger partial charge >= 0.3 is 0 Å². The van der Waals surface area contributed by atoms with Crippen LogP contribution in [0.2, 0.25) is 0 Å². The van der Waals surface area contributed by atoms with E-state index in [0.717, 1.165) is 35.3 Å². The number of rotatable bonds is 26. The smallest absolute Gasteiger partial charge is 0.0630 e. The fourth-order valence-corrected chi connectivity index (χ4v) is 7.84. The van der Waals surface area contributed by atoms with Crippen molar-refractivity contribution in [2.45, 2.75) is 155 Å². The Bertz CT molecular complexity index is 1710. The van der Waals surface area contributed by atoms with E-state index in [9.17, 15) is 0 Å². The van der Waals surface area contributed by atoms with Crippen molar-refractivity contribution >= 4 is 45.6 Å². The first-order chi connectivity index (χ1) is 26.6. The summed E-state index contributed by atoms with van der Waals surface area (Å²) in [5.41, 5.74) is 9.53. The van der Waals surface area contributed by atoms with Crippen LogP contribution in [0.3, 0.4) is 0 Å². The number of hydrogen-bond donors (Lipinski definition) is 0. The minimum atomic E-state index is 1.00. The van der Waals surface area contributed by atoms with Gasteiger partial charge in [0.05, 0.1) is 11.4 Å². The zero-order valence-electron chi connectivity index (χ0n) is 34.1. The highest BCUT2D eigenvalue weighted by atomic mass is 14.9. The molecular formula is C51H69N3. The molecule has 0 spiro atoms. The Balaban J connectivity index is 1.09. The zero-order chi connectivity index (χ0) is 37.6. The van der Waals surface area contributed by atoms with Crippen LogP contribution in [-0.4, -0.2) is 17.0 Å². The first-order valence-corrected chi connectivity index (χ1v) is 21.9. The van der Waals surface area contributed by atoms with Crippen molar-refractivity contribution in [1.29, 1.82) is 0 Å². The number of aryl methyl sites for hydroxylation is 3. The largest absolute Gasteiger partial charge is 0.344 e. The van der Waals surface area contributed by atoms with E-state index < -0.39 is 0 Å². The average Bonchev–Trinajstić information content (AvgIpc) is 3.48. The molecule has 0 saturated carbocycles. The van der Waals surface area contributed by atoms with E-state index in [1.807, 2.05) is 12.4 Å². The zero-order valence-corrected chi connectivity index (χ0v) is 34.1. The van der Waals surface area contributed by atoms with Crippen molar-refractivity contribution in [2.75, 3.05) is 0 Å². The molecule has 54 heavy (non-hydrogen) atoms. The number of hydrogen-bond acceptors (Lipinski definition) is 2. The number of benzene rings is 4. The molecule has 0 aliphatic rings. The molecule has 5 rings (SSSR count). The average molecular weight is 724 g/mol. The summed E-state index contributed by atoms with van der Waals surface area (Å²) in [6, 6.07) is 31.0. The second-order valence-electron chi connectivity index (χ2n) is 15.8. The monoisotopic (exact) mass is 724 g/mol. The molecule has 5 aromatic rings. The Hall–Kier alpha value is -3.98. The van der Waals surface area contributed by atoms with Crippen LogP contribution in [0.25, 0.3) is 21.8 Å². The predicted octanol–water partition coefficient (Wildman–Crippen LogP) is 15.8. The number of aliphatic imine (C=N–C) groups is 2. The summed E-state index contributed by atoms with van der Waals surface area (Å²) < 4.78 is 2.28. The van der Waals surface area contributed by atoms with Gasteiger partial charge in [-0.05, 0) is 96.5 Å². The van der Waals surface area contributed by atoms with Gasteiger partial charge in [0.1, 0.15) is 0 Å². The second kappa shape index (κ2) is 23.7. The van der Waals surface area contributed by atoms with Crippen molar-refractivity contribution in [3.8, 4) is 0 Å². The quantitative estimate of drug-likeness (QED) is 0.0402. The maximum Gasteiger partial charge on any atom is 0.0630 e. The van der Waals surface area contributed by atoms with E-state index in [2.05, 4.69) is 110 Å². The Kier molecular flexibility index (Phi) is 18.1. The molecule has 3 nitrogen and oxygen atoms in total. The van der Waals surface area contributed by atoms with E-state index >= 15 is 0 Å². The molecule has 4 aromatic carbocycles. The molecule has 0 fully saturated rings. The summed E-state index contributed by atoms with van der Waals surface area (Å²) in [6.07, 6.45) is 33.9. The van der Waals surface area contributed by atoms with Crippen molar-refractivity contribution < 1.29 is 0 Å². The van der Waals surface area contributed by atoms with Gasteiger partial charge in [-0.15, -0.1) is 0 Å². The third-order valence-electron chi connectivity index (χ3n) is 11.3. The standard InChI is InChI=1S/C51H69N3/c1-4-6-8-10-12-14-16-18-20-22-24-42-26-32-46(33-27-42)52-40-44-30-36-50-48(38-44)49-39-45(31-37-51(49)54(50)3)41-53-47-34-28-43(29-35-47)25-23-21-19-17-15-13-11-9-7-5-2/h26-41H,4-25H2,1-3H3. The van der Waals surface area contributed by atoms with Crippen LogP contribution in [0.4, 0.5) is 11.4 Å². The first kappa shape index (κ1) is 41.2. The van der Waals surface area contributed by atoms with Crippen LogP contribution in [-0.2, 0) is 19.9 Å². The third kappa shape index (κ3) is 13.7. The normalized spacial score (nSPS) is 12.0. The molecule has 0 saturated heterocycles. The highest BCUT2D eigenvalue weighted by Gasteiger charge is 2.09. The summed E-state index contributed by atoms with van der Waals surface area (Å²) in [5.74, 6) is 0. The van der Waals surface area contributed by atoms with Gasteiger partial charge in [-0.3, -0.25) is 9.98 Å². The lowest BCUT2D eigenvalue weighted by Gasteiger charge is -2.04. The summed E-state index contributed by atoms with van der Waals surface area (Å²) in [6.45, 7) is 4.58. The fourth-order valence-electron chi connectivity index (χ4n) is 7.84. The maximum atomic E-state index is 4.84. The number of unbranched alkanes of at least 4 members (excludes halogenated alkanes) is 18. The van der Waals surface area contributed by atoms with Crippen LogP contribution in [0, 0.1) is 0 Å². The topological polar surface area (TPSA) is 29.6 Å². The third-order valence-corrected chi connectivity index (χ3v) is 11.3. The van der Waals surface area contributed by atoms with Crippen molar-refractivity contribution in [3.63, 3.8) is 0 Å². The molecule has 1 heterocycles. The Labute approximate surface area is 328 Å². The highest BCUT2D eigenvalue weighted by Crippen LogP contribution is 2.30. The van der Waals surface area contributed by atoms with Gasteiger partial charge in [-0.2, -0.15) is 0 Å². The maximum absolute atomic E-state index is 4.84. The van der Waals surface area contributed by atoms with Crippen molar-refractivity contribution in [3.05, 3.63) is 107 Å². The second-order valence-corrected chi connectivity index (χ2v) is 15.8. The summed E-state index contributed by atoms with van der Waals surface area (Å²) in [7, 11) is 2.15. The summed E-state index contributed by atoms with van der Waals surface area (Å²) in [5, 5.41) is 2.49. The summed E-state index contributed by atoms with van der Waals surface area (Å²) in [4.78, 5) is 9.69. The molecule has 288 valence electrons. The number of nitrogens with zero attached hydrogens (tertiary/aromatic N) is 3. The molecule has 0 unspecified atom stereocenters. The molecule has 0 atom stereocenters. The highest BCUT2D eigenvalue weighted by molar-refractivity contribution is 6.10. The lowest BCUT2D eigenvalue weighted by Crippen LogP contribution is -1.88. The van der Waals surface area contributed by atoms with E-state index in [4.69, 9.17) is 9.98 Å². The van der Waals surface area contributed by atoms with Gasteiger partial charge < -0.3 is 4.57 Å². The van der Waals surface area contributed by atoms with Gasteiger partial charge in [-0.1, -0.05) is 166 Å². The van der Waals surface area contributed by atoms with E-state index in [1.165, 1.54) is 161 Å².